The quantitative estimate of drug-likeness (QED) is 0.618. The lowest BCUT2D eigenvalue weighted by Gasteiger charge is -2.23. The number of fused-ring (bicyclic) bond motifs is 2. The summed E-state index contributed by atoms with van der Waals surface area (Å²) in [6.45, 7) is 2.82. The molecule has 2 aliphatic heterocycles. The van der Waals surface area contributed by atoms with E-state index in [2.05, 4.69) is 57.9 Å². The van der Waals surface area contributed by atoms with Crippen molar-refractivity contribution in [2.45, 2.75) is 44.1 Å². The molecule has 3 rings (SSSR count). The van der Waals surface area contributed by atoms with E-state index in [0.717, 1.165) is 32.0 Å². The van der Waals surface area contributed by atoms with E-state index in [9.17, 15) is 0 Å². The van der Waals surface area contributed by atoms with Crippen LogP contribution in [0.25, 0.3) is 0 Å². The third-order valence-electron chi connectivity index (χ3n) is 4.73. The van der Waals surface area contributed by atoms with Crippen LogP contribution in [0.15, 0.2) is 35.3 Å². The predicted octanol–water partition coefficient (Wildman–Crippen LogP) is 1.60. The van der Waals surface area contributed by atoms with Crippen molar-refractivity contribution in [1.82, 2.24) is 15.5 Å². The molecule has 2 heterocycles. The SMILES string of the molecule is CN=C(NCCN(C)Cc1ccccc1)NC1CC2CCC1O2. The van der Waals surface area contributed by atoms with Gasteiger partial charge in [0.1, 0.15) is 0 Å². The molecule has 3 unspecified atom stereocenters. The maximum atomic E-state index is 5.89. The molecule has 0 saturated carbocycles. The lowest BCUT2D eigenvalue weighted by Crippen LogP contribution is -2.48. The van der Waals surface area contributed by atoms with Crippen LogP contribution in [-0.4, -0.2) is 56.3 Å². The molecule has 5 heteroatoms. The van der Waals surface area contributed by atoms with E-state index in [-0.39, 0.29) is 0 Å². The molecule has 2 saturated heterocycles. The van der Waals surface area contributed by atoms with E-state index >= 15 is 0 Å². The van der Waals surface area contributed by atoms with Crippen LogP contribution in [0.1, 0.15) is 24.8 Å². The minimum atomic E-state index is 0.374. The molecule has 0 spiro atoms. The number of aliphatic imine (C=N–C) groups is 1. The number of guanidine groups is 1. The first-order valence-corrected chi connectivity index (χ1v) is 8.59. The van der Waals surface area contributed by atoms with Crippen LogP contribution in [0.3, 0.4) is 0 Å². The molecule has 1 aromatic rings. The molecule has 0 radical (unpaired) electrons. The Kier molecular flexibility index (Phi) is 5.51. The summed E-state index contributed by atoms with van der Waals surface area (Å²) < 4.78 is 5.89. The fraction of sp³-hybridized carbons (Fsp3) is 0.611. The van der Waals surface area contributed by atoms with Crippen LogP contribution >= 0.6 is 0 Å². The highest BCUT2D eigenvalue weighted by atomic mass is 16.5. The Morgan fingerprint density at radius 3 is 2.78 bits per heavy atom. The second kappa shape index (κ2) is 7.79. The van der Waals surface area contributed by atoms with Crippen molar-refractivity contribution < 1.29 is 4.74 Å². The first-order chi connectivity index (χ1) is 11.2. The van der Waals surface area contributed by atoms with Gasteiger partial charge >= 0.3 is 0 Å². The Labute approximate surface area is 139 Å². The molecule has 5 nitrogen and oxygen atoms in total. The van der Waals surface area contributed by atoms with Gasteiger partial charge in [-0.3, -0.25) is 4.99 Å². The van der Waals surface area contributed by atoms with Crippen LogP contribution in [0.4, 0.5) is 0 Å². The van der Waals surface area contributed by atoms with Crippen molar-refractivity contribution in [3.63, 3.8) is 0 Å². The molecule has 2 N–H and O–H groups in total. The number of hydrogen-bond acceptors (Lipinski definition) is 3. The summed E-state index contributed by atoms with van der Waals surface area (Å²) in [4.78, 5) is 6.65. The maximum absolute atomic E-state index is 5.89. The highest BCUT2D eigenvalue weighted by Gasteiger charge is 2.41. The van der Waals surface area contributed by atoms with Crippen LogP contribution in [-0.2, 0) is 11.3 Å². The third-order valence-corrected chi connectivity index (χ3v) is 4.73. The molecule has 0 aliphatic carbocycles. The van der Waals surface area contributed by atoms with E-state index in [0.29, 0.717) is 18.2 Å². The number of nitrogens with one attached hydrogen (secondary N) is 2. The van der Waals surface area contributed by atoms with Gasteiger partial charge in [-0.05, 0) is 31.9 Å². The molecule has 0 aromatic heterocycles. The minimum absolute atomic E-state index is 0.374. The number of ether oxygens (including phenoxy) is 1. The van der Waals surface area contributed by atoms with Crippen molar-refractivity contribution in [2.24, 2.45) is 4.99 Å². The van der Waals surface area contributed by atoms with Gasteiger partial charge in [-0.1, -0.05) is 30.3 Å². The van der Waals surface area contributed by atoms with Gasteiger partial charge in [-0.2, -0.15) is 0 Å². The van der Waals surface area contributed by atoms with Crippen molar-refractivity contribution >= 4 is 5.96 Å². The lowest BCUT2D eigenvalue weighted by molar-refractivity contribution is 0.0992. The number of nitrogens with zero attached hydrogens (tertiary/aromatic N) is 2. The highest BCUT2D eigenvalue weighted by Crippen LogP contribution is 2.34. The topological polar surface area (TPSA) is 48.9 Å². The van der Waals surface area contributed by atoms with Gasteiger partial charge in [0.2, 0.25) is 0 Å². The van der Waals surface area contributed by atoms with Gasteiger partial charge in [-0.25, -0.2) is 0 Å². The fourth-order valence-electron chi connectivity index (χ4n) is 3.50. The van der Waals surface area contributed by atoms with Gasteiger partial charge in [0, 0.05) is 26.7 Å². The standard InChI is InChI=1S/C18H28N4O/c1-19-18(21-16-12-15-8-9-17(16)23-15)20-10-11-22(2)13-14-6-4-3-5-7-14/h3-7,15-17H,8-13H2,1-2H3,(H2,19,20,21). The van der Waals surface area contributed by atoms with Gasteiger partial charge in [0.05, 0.1) is 18.2 Å². The second-order valence-electron chi connectivity index (χ2n) is 6.58. The summed E-state index contributed by atoms with van der Waals surface area (Å²) in [5.41, 5.74) is 1.34. The summed E-state index contributed by atoms with van der Waals surface area (Å²) in [7, 11) is 3.98. The zero-order chi connectivity index (χ0) is 16.1. The zero-order valence-corrected chi connectivity index (χ0v) is 14.2. The van der Waals surface area contributed by atoms with E-state index in [1.165, 1.54) is 18.4 Å². The van der Waals surface area contributed by atoms with E-state index in [1.807, 2.05) is 7.05 Å². The fourth-order valence-corrected chi connectivity index (χ4v) is 3.50. The molecule has 2 bridgehead atoms. The molecule has 3 atom stereocenters. The molecule has 126 valence electrons. The van der Waals surface area contributed by atoms with E-state index in [1.54, 1.807) is 0 Å². The number of hydrogen-bond donors (Lipinski definition) is 2. The van der Waals surface area contributed by atoms with E-state index < -0.39 is 0 Å². The van der Waals surface area contributed by atoms with Crippen LogP contribution in [0, 0.1) is 0 Å². The third kappa shape index (κ3) is 4.45. The first kappa shape index (κ1) is 16.3. The summed E-state index contributed by atoms with van der Waals surface area (Å²) in [5.74, 6) is 0.888. The van der Waals surface area contributed by atoms with Gasteiger partial charge in [0.15, 0.2) is 5.96 Å². The summed E-state index contributed by atoms with van der Waals surface area (Å²) in [6, 6.07) is 11.0. The highest BCUT2D eigenvalue weighted by molar-refractivity contribution is 5.80. The van der Waals surface area contributed by atoms with E-state index in [4.69, 9.17) is 4.74 Å². The zero-order valence-electron chi connectivity index (χ0n) is 14.2. The van der Waals surface area contributed by atoms with Crippen LogP contribution < -0.4 is 10.6 Å². The Morgan fingerprint density at radius 1 is 1.30 bits per heavy atom. The minimum Gasteiger partial charge on any atom is -0.373 e. The number of benzene rings is 1. The van der Waals surface area contributed by atoms with Crippen molar-refractivity contribution in [3.8, 4) is 0 Å². The molecule has 2 aliphatic rings. The van der Waals surface area contributed by atoms with Crippen LogP contribution in [0.2, 0.25) is 0 Å². The average molecular weight is 316 g/mol. The first-order valence-electron chi connectivity index (χ1n) is 8.59. The Balaban J connectivity index is 1.37. The normalized spacial score (nSPS) is 26.7. The van der Waals surface area contributed by atoms with Gasteiger partial charge < -0.3 is 20.3 Å². The van der Waals surface area contributed by atoms with Gasteiger partial charge in [0.25, 0.3) is 0 Å². The largest absolute Gasteiger partial charge is 0.373 e. The lowest BCUT2D eigenvalue weighted by atomic mass is 9.96. The summed E-state index contributed by atoms with van der Waals surface area (Å²) in [5, 5.41) is 6.93. The second-order valence-corrected chi connectivity index (χ2v) is 6.58. The van der Waals surface area contributed by atoms with Crippen molar-refractivity contribution in [1.29, 1.82) is 0 Å². The molecular weight excluding hydrogens is 288 g/mol. The molecule has 1 aromatic carbocycles. The summed E-state index contributed by atoms with van der Waals surface area (Å²) >= 11 is 0. The van der Waals surface area contributed by atoms with Crippen molar-refractivity contribution in [2.75, 3.05) is 27.2 Å². The maximum Gasteiger partial charge on any atom is 0.191 e. The number of rotatable bonds is 6. The molecule has 0 amide bonds. The molecular formula is C18H28N4O. The monoisotopic (exact) mass is 316 g/mol. The van der Waals surface area contributed by atoms with Crippen molar-refractivity contribution in [3.05, 3.63) is 35.9 Å². The smallest absolute Gasteiger partial charge is 0.191 e. The van der Waals surface area contributed by atoms with Crippen LogP contribution in [0.5, 0.6) is 0 Å². The molecule has 23 heavy (non-hydrogen) atoms. The predicted molar refractivity (Wildman–Crippen MR) is 93.6 cm³/mol. The number of likely N-dealkylation sites (N-methyl/N-ethyl adjacent to an activating group) is 1. The average Bonchev–Trinajstić information content (AvgIpc) is 3.17. The van der Waals surface area contributed by atoms with Gasteiger partial charge in [-0.15, -0.1) is 0 Å². The Morgan fingerprint density at radius 2 is 2.13 bits per heavy atom. The Bertz CT molecular complexity index is 519. The Hall–Kier alpha value is -1.59. The summed E-state index contributed by atoms with van der Waals surface area (Å²) in [6.07, 6.45) is 4.35. The molecule has 2 fully saturated rings.